The maximum absolute atomic E-state index is 12.4. The van der Waals surface area contributed by atoms with E-state index in [1.165, 1.54) is 11.3 Å². The third-order valence-corrected chi connectivity index (χ3v) is 3.88. The molecule has 0 aliphatic carbocycles. The van der Waals surface area contributed by atoms with E-state index >= 15 is 0 Å². The molecule has 1 aromatic heterocycles. The van der Waals surface area contributed by atoms with E-state index in [1.807, 2.05) is 24.3 Å². The number of carbonyl (C=O) groups is 1. The van der Waals surface area contributed by atoms with Gasteiger partial charge in [-0.25, -0.2) is 0 Å². The summed E-state index contributed by atoms with van der Waals surface area (Å²) in [5, 5.41) is 1.12. The van der Waals surface area contributed by atoms with Crippen LogP contribution < -0.4 is 10.2 Å². The molecule has 4 heteroatoms. The zero-order valence-corrected chi connectivity index (χ0v) is 10.1. The minimum atomic E-state index is -0.100. The first kappa shape index (κ1) is 10.9. The van der Waals surface area contributed by atoms with Crippen molar-refractivity contribution < 1.29 is 9.53 Å². The largest absolute Gasteiger partial charge is 0.428 e. The van der Waals surface area contributed by atoms with Gasteiger partial charge in [0, 0.05) is 14.8 Å². The van der Waals surface area contributed by atoms with Crippen molar-refractivity contribution in [3.8, 4) is 5.75 Å². The van der Waals surface area contributed by atoms with Crippen molar-refractivity contribution in [3.05, 3.63) is 52.7 Å². The lowest BCUT2D eigenvalue weighted by Crippen LogP contribution is -2.03. The van der Waals surface area contributed by atoms with Crippen LogP contribution in [-0.4, -0.2) is 6.47 Å². The van der Waals surface area contributed by atoms with Gasteiger partial charge in [0.05, 0.1) is 5.39 Å². The normalized spacial score (nSPS) is 10.7. The first-order valence-electron chi connectivity index (χ1n) is 5.36. The maximum Gasteiger partial charge on any atom is 0.298 e. The second-order valence-electron chi connectivity index (χ2n) is 3.77. The fourth-order valence-corrected chi connectivity index (χ4v) is 3.06. The van der Waals surface area contributed by atoms with E-state index in [-0.39, 0.29) is 5.43 Å². The van der Waals surface area contributed by atoms with Gasteiger partial charge >= 0.3 is 0 Å². The number of hydrogen-bond donors (Lipinski definition) is 0. The molecule has 18 heavy (non-hydrogen) atoms. The van der Waals surface area contributed by atoms with Crippen LogP contribution in [0, 0.1) is 0 Å². The van der Waals surface area contributed by atoms with Gasteiger partial charge in [-0.1, -0.05) is 18.2 Å². The summed E-state index contributed by atoms with van der Waals surface area (Å²) in [6, 6.07) is 12.7. The summed E-state index contributed by atoms with van der Waals surface area (Å²) < 4.78 is 6.62. The van der Waals surface area contributed by atoms with Crippen LogP contribution in [0.3, 0.4) is 0 Å². The summed E-state index contributed by atoms with van der Waals surface area (Å²) in [4.78, 5) is 22.9. The zero-order chi connectivity index (χ0) is 12.5. The van der Waals surface area contributed by atoms with E-state index in [4.69, 9.17) is 4.74 Å². The SMILES string of the molecule is O=COc1cccc2sc3ccccc3c(=O)c12. The highest BCUT2D eigenvalue weighted by molar-refractivity contribution is 7.24. The standard InChI is InChI=1S/C14H8O3S/c15-8-17-10-5-3-7-12-13(10)14(16)9-4-1-2-6-11(9)18-12/h1-8H. The lowest BCUT2D eigenvalue weighted by Gasteiger charge is -2.04. The minimum Gasteiger partial charge on any atom is -0.428 e. The Labute approximate surface area is 106 Å². The predicted molar refractivity (Wildman–Crippen MR) is 72.3 cm³/mol. The van der Waals surface area contributed by atoms with Crippen LogP contribution in [0.4, 0.5) is 0 Å². The first-order chi connectivity index (χ1) is 8.81. The highest BCUT2D eigenvalue weighted by Crippen LogP contribution is 2.29. The average Bonchev–Trinajstić information content (AvgIpc) is 2.39. The minimum absolute atomic E-state index is 0.100. The fraction of sp³-hybridized carbons (Fsp3) is 0. The van der Waals surface area contributed by atoms with Crippen LogP contribution in [-0.2, 0) is 4.79 Å². The predicted octanol–water partition coefficient (Wildman–Crippen LogP) is 2.95. The summed E-state index contributed by atoms with van der Waals surface area (Å²) in [6.45, 7) is 0.341. The number of ether oxygens (including phenoxy) is 1. The lowest BCUT2D eigenvalue weighted by molar-refractivity contribution is -0.120. The number of hydrogen-bond acceptors (Lipinski definition) is 4. The highest BCUT2D eigenvalue weighted by Gasteiger charge is 2.10. The van der Waals surface area contributed by atoms with Crippen LogP contribution in [0.2, 0.25) is 0 Å². The molecule has 3 aromatic rings. The molecule has 0 saturated heterocycles. The van der Waals surface area contributed by atoms with E-state index in [2.05, 4.69) is 0 Å². The van der Waals surface area contributed by atoms with E-state index in [9.17, 15) is 9.59 Å². The number of benzene rings is 2. The molecule has 0 fully saturated rings. The smallest absolute Gasteiger partial charge is 0.298 e. The van der Waals surface area contributed by atoms with Crippen molar-refractivity contribution in [2.45, 2.75) is 0 Å². The van der Waals surface area contributed by atoms with Gasteiger partial charge in [0.1, 0.15) is 5.75 Å². The summed E-state index contributed by atoms with van der Waals surface area (Å²) in [6.07, 6.45) is 0. The molecule has 88 valence electrons. The molecular formula is C14H8O3S. The number of carbonyl (C=O) groups excluding carboxylic acids is 1. The third kappa shape index (κ3) is 1.58. The molecule has 0 bridgehead atoms. The van der Waals surface area contributed by atoms with Crippen molar-refractivity contribution >= 4 is 38.0 Å². The van der Waals surface area contributed by atoms with Crippen molar-refractivity contribution in [3.63, 3.8) is 0 Å². The topological polar surface area (TPSA) is 43.4 Å². The second-order valence-corrected chi connectivity index (χ2v) is 4.85. The molecule has 0 aliphatic rings. The van der Waals surface area contributed by atoms with Gasteiger partial charge < -0.3 is 4.74 Å². The molecule has 1 heterocycles. The van der Waals surface area contributed by atoms with Crippen LogP contribution in [0.1, 0.15) is 0 Å². The molecule has 0 atom stereocenters. The molecular weight excluding hydrogens is 248 g/mol. The summed E-state index contributed by atoms with van der Waals surface area (Å²) >= 11 is 1.51. The molecule has 0 amide bonds. The molecule has 3 nitrogen and oxygen atoms in total. The summed E-state index contributed by atoms with van der Waals surface area (Å²) in [7, 11) is 0. The molecule has 0 saturated carbocycles. The van der Waals surface area contributed by atoms with Gasteiger partial charge in [0.25, 0.3) is 6.47 Å². The van der Waals surface area contributed by atoms with Gasteiger partial charge in [0.2, 0.25) is 0 Å². The Bertz CT molecular complexity index is 805. The van der Waals surface area contributed by atoms with Crippen molar-refractivity contribution in [1.82, 2.24) is 0 Å². The van der Waals surface area contributed by atoms with Crippen molar-refractivity contribution in [2.75, 3.05) is 0 Å². The van der Waals surface area contributed by atoms with E-state index in [0.29, 0.717) is 23.0 Å². The van der Waals surface area contributed by atoms with E-state index in [1.54, 1.807) is 18.2 Å². The Morgan fingerprint density at radius 3 is 2.61 bits per heavy atom. The van der Waals surface area contributed by atoms with E-state index in [0.717, 1.165) is 9.40 Å². The van der Waals surface area contributed by atoms with Crippen LogP contribution in [0.25, 0.3) is 20.2 Å². The Hall–Kier alpha value is -2.20. The number of fused-ring (bicyclic) bond motifs is 2. The van der Waals surface area contributed by atoms with Gasteiger partial charge in [-0.15, -0.1) is 11.3 Å². The van der Waals surface area contributed by atoms with Gasteiger partial charge in [-0.2, -0.15) is 0 Å². The quantitative estimate of drug-likeness (QED) is 0.523. The molecule has 2 aromatic carbocycles. The van der Waals surface area contributed by atoms with Crippen LogP contribution in [0.15, 0.2) is 47.3 Å². The van der Waals surface area contributed by atoms with Gasteiger partial charge in [-0.3, -0.25) is 9.59 Å². The molecule has 3 rings (SSSR count). The fourth-order valence-electron chi connectivity index (χ4n) is 1.97. The Kier molecular flexibility index (Phi) is 2.57. The van der Waals surface area contributed by atoms with E-state index < -0.39 is 0 Å². The highest BCUT2D eigenvalue weighted by atomic mass is 32.1. The molecule has 0 aliphatic heterocycles. The van der Waals surface area contributed by atoms with Crippen LogP contribution in [0.5, 0.6) is 5.75 Å². The first-order valence-corrected chi connectivity index (χ1v) is 6.18. The molecule has 0 radical (unpaired) electrons. The van der Waals surface area contributed by atoms with Gasteiger partial charge in [-0.05, 0) is 24.3 Å². The van der Waals surface area contributed by atoms with Crippen molar-refractivity contribution in [2.24, 2.45) is 0 Å². The molecule has 0 unspecified atom stereocenters. The zero-order valence-electron chi connectivity index (χ0n) is 9.25. The van der Waals surface area contributed by atoms with Crippen molar-refractivity contribution in [1.29, 1.82) is 0 Å². The molecule has 0 spiro atoms. The monoisotopic (exact) mass is 256 g/mol. The lowest BCUT2D eigenvalue weighted by atomic mass is 10.1. The Morgan fingerprint density at radius 1 is 1.00 bits per heavy atom. The van der Waals surface area contributed by atoms with Gasteiger partial charge in [0.15, 0.2) is 5.43 Å². The van der Waals surface area contributed by atoms with Crippen LogP contribution >= 0.6 is 11.3 Å². The Balaban J connectivity index is 2.53. The average molecular weight is 256 g/mol. The maximum atomic E-state index is 12.4. The third-order valence-electron chi connectivity index (χ3n) is 2.74. The second kappa shape index (κ2) is 4.23. The Morgan fingerprint density at radius 2 is 1.78 bits per heavy atom. The number of rotatable bonds is 2. The molecule has 0 N–H and O–H groups in total. The summed E-state index contributed by atoms with van der Waals surface area (Å²) in [5.74, 6) is 0.314. The summed E-state index contributed by atoms with van der Waals surface area (Å²) in [5.41, 5.74) is -0.100.